The molecule has 19 heavy (non-hydrogen) atoms. The Morgan fingerprint density at radius 2 is 2.00 bits per heavy atom. The normalized spacial score (nSPS) is 10.9. The van der Waals surface area contributed by atoms with Crippen LogP contribution >= 0.6 is 0 Å². The average molecular weight is 266 g/mol. The van der Waals surface area contributed by atoms with Crippen LogP contribution in [0, 0.1) is 0 Å². The smallest absolute Gasteiger partial charge is 0.335 e. The third-order valence-corrected chi connectivity index (χ3v) is 2.33. The molecular formula is C13H18N2O4. The first-order chi connectivity index (χ1) is 8.69. The highest BCUT2D eigenvalue weighted by molar-refractivity contribution is 5.93. The summed E-state index contributed by atoms with van der Waals surface area (Å²) in [5.41, 5.74) is -0.495. The van der Waals surface area contributed by atoms with Crippen LogP contribution < -0.4 is 5.32 Å². The minimum atomic E-state index is -1.05. The Balaban J connectivity index is 2.71. The van der Waals surface area contributed by atoms with Crippen molar-refractivity contribution in [1.82, 2.24) is 4.90 Å². The third-order valence-electron chi connectivity index (χ3n) is 2.33. The van der Waals surface area contributed by atoms with Crippen molar-refractivity contribution in [2.24, 2.45) is 0 Å². The molecule has 0 aliphatic heterocycles. The number of carbonyl (C=O) groups excluding carboxylic acids is 1. The van der Waals surface area contributed by atoms with E-state index in [1.54, 1.807) is 33.0 Å². The molecule has 0 radical (unpaired) electrons. The highest BCUT2D eigenvalue weighted by atomic mass is 16.4. The van der Waals surface area contributed by atoms with E-state index in [0.717, 1.165) is 0 Å². The van der Waals surface area contributed by atoms with Crippen molar-refractivity contribution in [3.63, 3.8) is 0 Å². The van der Waals surface area contributed by atoms with Crippen LogP contribution in [0.1, 0.15) is 24.2 Å². The first-order valence-corrected chi connectivity index (χ1v) is 5.77. The number of rotatable bonds is 4. The number of carboxylic acid groups (broad SMARTS) is 1. The molecule has 0 aliphatic rings. The minimum absolute atomic E-state index is 0.0999. The quantitative estimate of drug-likeness (QED) is 0.772. The van der Waals surface area contributed by atoms with Gasteiger partial charge in [-0.3, -0.25) is 0 Å². The van der Waals surface area contributed by atoms with Crippen LogP contribution in [0.3, 0.4) is 0 Å². The molecule has 0 aromatic heterocycles. The summed E-state index contributed by atoms with van der Waals surface area (Å²) in [4.78, 5) is 24.0. The highest BCUT2D eigenvalue weighted by Crippen LogP contribution is 2.12. The van der Waals surface area contributed by atoms with Gasteiger partial charge in [0.15, 0.2) is 0 Å². The lowest BCUT2D eigenvalue weighted by atomic mass is 10.1. The molecule has 0 saturated heterocycles. The van der Waals surface area contributed by atoms with Crippen molar-refractivity contribution in [2.45, 2.75) is 19.4 Å². The zero-order chi connectivity index (χ0) is 14.6. The summed E-state index contributed by atoms with van der Waals surface area (Å²) in [5, 5.41) is 21.0. The molecule has 0 unspecified atom stereocenters. The number of amides is 2. The number of nitrogens with zero attached hydrogens (tertiary/aromatic N) is 1. The van der Waals surface area contributed by atoms with Crippen molar-refractivity contribution in [3.05, 3.63) is 29.8 Å². The number of benzene rings is 1. The first-order valence-electron chi connectivity index (χ1n) is 5.77. The van der Waals surface area contributed by atoms with E-state index in [-0.39, 0.29) is 12.1 Å². The van der Waals surface area contributed by atoms with Crippen LogP contribution in [0.2, 0.25) is 0 Å². The van der Waals surface area contributed by atoms with Gasteiger partial charge in [-0.2, -0.15) is 0 Å². The van der Waals surface area contributed by atoms with Crippen LogP contribution in [0.4, 0.5) is 10.5 Å². The van der Waals surface area contributed by atoms with Gasteiger partial charge >= 0.3 is 12.0 Å². The van der Waals surface area contributed by atoms with Crippen LogP contribution in [-0.2, 0) is 0 Å². The number of carbonyl (C=O) groups is 2. The second kappa shape index (κ2) is 5.71. The fourth-order valence-electron chi connectivity index (χ4n) is 1.60. The third kappa shape index (κ3) is 4.97. The van der Waals surface area contributed by atoms with E-state index in [9.17, 15) is 14.7 Å². The number of nitrogens with one attached hydrogen (secondary N) is 1. The first kappa shape index (κ1) is 15.0. The zero-order valence-electron chi connectivity index (χ0n) is 11.2. The lowest BCUT2D eigenvalue weighted by Gasteiger charge is -2.25. The minimum Gasteiger partial charge on any atom is -0.478 e. The van der Waals surface area contributed by atoms with E-state index in [1.165, 1.54) is 17.0 Å². The number of aromatic carboxylic acids is 1. The van der Waals surface area contributed by atoms with E-state index in [0.29, 0.717) is 5.69 Å². The Morgan fingerprint density at radius 3 is 2.53 bits per heavy atom. The molecule has 0 spiro atoms. The molecule has 1 rings (SSSR count). The SMILES string of the molecule is CN(CC(C)(C)O)C(=O)Nc1cccc(C(=O)O)c1. The van der Waals surface area contributed by atoms with Gasteiger partial charge in [0, 0.05) is 12.7 Å². The number of likely N-dealkylation sites (N-methyl/N-ethyl adjacent to an activating group) is 1. The molecule has 0 fully saturated rings. The monoisotopic (exact) mass is 266 g/mol. The van der Waals surface area contributed by atoms with Crippen LogP contribution in [0.25, 0.3) is 0 Å². The Morgan fingerprint density at radius 1 is 1.37 bits per heavy atom. The summed E-state index contributed by atoms with van der Waals surface area (Å²) in [6.45, 7) is 3.36. The highest BCUT2D eigenvalue weighted by Gasteiger charge is 2.19. The van der Waals surface area contributed by atoms with Crippen molar-refractivity contribution < 1.29 is 19.8 Å². The molecule has 6 nitrogen and oxygen atoms in total. The fraction of sp³-hybridized carbons (Fsp3) is 0.385. The van der Waals surface area contributed by atoms with Crippen LogP contribution in [0.15, 0.2) is 24.3 Å². The second-order valence-electron chi connectivity index (χ2n) is 4.98. The molecule has 0 bridgehead atoms. The zero-order valence-corrected chi connectivity index (χ0v) is 11.2. The maximum absolute atomic E-state index is 11.8. The van der Waals surface area contributed by atoms with Gasteiger partial charge in [-0.05, 0) is 32.0 Å². The maximum atomic E-state index is 11.8. The predicted molar refractivity (Wildman–Crippen MR) is 71.3 cm³/mol. The van der Waals surface area contributed by atoms with Gasteiger partial charge in [0.2, 0.25) is 0 Å². The van der Waals surface area contributed by atoms with E-state index in [1.807, 2.05) is 0 Å². The van der Waals surface area contributed by atoms with Gasteiger partial charge in [-0.25, -0.2) is 9.59 Å². The van der Waals surface area contributed by atoms with Gasteiger partial charge in [0.1, 0.15) is 0 Å². The van der Waals surface area contributed by atoms with Gasteiger partial charge < -0.3 is 20.4 Å². The molecule has 0 saturated carbocycles. The molecule has 0 aliphatic carbocycles. The van der Waals surface area contributed by atoms with Gasteiger partial charge in [0.25, 0.3) is 0 Å². The van der Waals surface area contributed by atoms with Crippen LogP contribution in [-0.4, -0.2) is 46.3 Å². The number of hydrogen-bond acceptors (Lipinski definition) is 3. The van der Waals surface area contributed by atoms with Crippen molar-refractivity contribution in [1.29, 1.82) is 0 Å². The molecule has 0 heterocycles. The second-order valence-corrected chi connectivity index (χ2v) is 4.98. The Kier molecular flexibility index (Phi) is 4.50. The Bertz CT molecular complexity index is 480. The summed E-state index contributed by atoms with van der Waals surface area (Å²) in [5.74, 6) is -1.05. The molecule has 104 valence electrons. The molecule has 1 aromatic carbocycles. The molecular weight excluding hydrogens is 248 g/mol. The van der Waals surface area contributed by atoms with E-state index >= 15 is 0 Å². The van der Waals surface area contributed by atoms with E-state index in [4.69, 9.17) is 5.11 Å². The van der Waals surface area contributed by atoms with Crippen molar-refractivity contribution in [2.75, 3.05) is 18.9 Å². The average Bonchev–Trinajstić information content (AvgIpc) is 2.27. The summed E-state index contributed by atoms with van der Waals surface area (Å²) >= 11 is 0. The largest absolute Gasteiger partial charge is 0.478 e. The molecule has 1 aromatic rings. The van der Waals surface area contributed by atoms with Crippen LogP contribution in [0.5, 0.6) is 0 Å². The molecule has 3 N–H and O–H groups in total. The predicted octanol–water partition coefficient (Wildman–Crippen LogP) is 1.62. The standard InChI is InChI=1S/C13H18N2O4/c1-13(2,19)8-15(3)12(18)14-10-6-4-5-9(7-10)11(16)17/h4-7,19H,8H2,1-3H3,(H,14,18)(H,16,17). The fourth-order valence-corrected chi connectivity index (χ4v) is 1.60. The molecule has 2 amide bonds. The lowest BCUT2D eigenvalue weighted by molar-refractivity contribution is 0.0550. The van der Waals surface area contributed by atoms with Crippen molar-refractivity contribution in [3.8, 4) is 0 Å². The summed E-state index contributed by atoms with van der Waals surface area (Å²) in [7, 11) is 1.55. The number of carboxylic acids is 1. The number of anilines is 1. The Labute approximate surface area is 111 Å². The van der Waals surface area contributed by atoms with Gasteiger partial charge in [-0.1, -0.05) is 6.07 Å². The van der Waals surface area contributed by atoms with E-state index in [2.05, 4.69) is 5.32 Å². The lowest BCUT2D eigenvalue weighted by Crippen LogP contribution is -2.41. The number of aliphatic hydroxyl groups is 1. The topological polar surface area (TPSA) is 89.9 Å². The van der Waals surface area contributed by atoms with E-state index < -0.39 is 17.6 Å². The summed E-state index contributed by atoms with van der Waals surface area (Å²) in [6.07, 6.45) is 0. The maximum Gasteiger partial charge on any atom is 0.335 e. The summed E-state index contributed by atoms with van der Waals surface area (Å²) < 4.78 is 0. The Hall–Kier alpha value is -2.08. The molecule has 0 atom stereocenters. The number of urea groups is 1. The van der Waals surface area contributed by atoms with Crippen molar-refractivity contribution >= 4 is 17.7 Å². The molecule has 6 heteroatoms. The summed E-state index contributed by atoms with van der Waals surface area (Å²) in [6, 6.07) is 5.55. The van der Waals surface area contributed by atoms with Gasteiger partial charge in [0.05, 0.1) is 17.7 Å². The number of hydrogen-bond donors (Lipinski definition) is 3. The van der Waals surface area contributed by atoms with Gasteiger partial charge in [-0.15, -0.1) is 0 Å².